The molecule has 0 amide bonds. The number of hydrogen-bond acceptors (Lipinski definition) is 2. The van der Waals surface area contributed by atoms with Crippen LogP contribution in [0, 0.1) is 13.8 Å². The van der Waals surface area contributed by atoms with Crippen LogP contribution in [-0.2, 0) is 32.5 Å². The summed E-state index contributed by atoms with van der Waals surface area (Å²) >= 11 is 0. The summed E-state index contributed by atoms with van der Waals surface area (Å²) in [5.74, 6) is 0. The fourth-order valence-corrected chi connectivity index (χ4v) is 13.4. The lowest BCUT2D eigenvalue weighted by Gasteiger charge is -2.48. The molecule has 2 heterocycles. The van der Waals surface area contributed by atoms with Gasteiger partial charge in [0, 0.05) is 43.5 Å². The van der Waals surface area contributed by atoms with E-state index < -0.39 is 6.85 Å². The van der Waals surface area contributed by atoms with Crippen molar-refractivity contribution in [3.05, 3.63) is 184 Å². The first kappa shape index (κ1) is 42.1. The minimum atomic E-state index is -2.39. The monoisotopic (exact) mass is 908 g/mol. The van der Waals surface area contributed by atoms with Crippen molar-refractivity contribution in [3.8, 4) is 11.1 Å². The van der Waals surface area contributed by atoms with Crippen molar-refractivity contribution in [2.45, 2.75) is 156 Å². The lowest BCUT2D eigenvalue weighted by molar-refractivity contribution is 0.332. The molecule has 2 aliphatic heterocycles. The largest absolute Gasteiger partial charge is 0.311 e. The second-order valence-corrected chi connectivity index (χ2v) is 25.5. The van der Waals surface area contributed by atoms with Crippen molar-refractivity contribution in [3.63, 3.8) is 0 Å². The Morgan fingerprint density at radius 3 is 1.64 bits per heavy atom. The molecule has 0 radical (unpaired) electrons. The number of nitrogens with zero attached hydrogens (tertiary/aromatic N) is 2. The number of aryl methyl sites for hydroxylation is 2. The smallest absolute Gasteiger partial charge is 0.252 e. The van der Waals surface area contributed by atoms with Crippen molar-refractivity contribution < 1.29 is 4.11 Å². The van der Waals surface area contributed by atoms with Gasteiger partial charge >= 0.3 is 0 Å². The van der Waals surface area contributed by atoms with E-state index in [4.69, 9.17) is 0 Å². The predicted octanol–water partition coefficient (Wildman–Crippen LogP) is 16.0. The average molecular weight is 908 g/mol. The highest BCUT2D eigenvalue weighted by Gasteiger charge is 2.48. The van der Waals surface area contributed by atoms with Gasteiger partial charge < -0.3 is 9.80 Å². The van der Waals surface area contributed by atoms with Crippen LogP contribution in [0.2, 0.25) is 0 Å². The molecule has 0 N–H and O–H groups in total. The molecule has 2 nitrogen and oxygen atoms in total. The van der Waals surface area contributed by atoms with Gasteiger partial charge in [-0.1, -0.05) is 181 Å². The topological polar surface area (TPSA) is 6.48 Å². The van der Waals surface area contributed by atoms with Gasteiger partial charge in [-0.3, -0.25) is 0 Å². The van der Waals surface area contributed by atoms with Crippen LogP contribution in [0.4, 0.5) is 34.1 Å². The quantitative estimate of drug-likeness (QED) is 0.159. The van der Waals surface area contributed by atoms with E-state index in [0.29, 0.717) is 5.56 Å². The average Bonchev–Trinajstić information content (AvgIpc) is 3.50. The fourth-order valence-electron chi connectivity index (χ4n) is 13.4. The lowest BCUT2D eigenvalue weighted by Crippen LogP contribution is -2.62. The molecule has 0 aromatic heterocycles. The maximum Gasteiger partial charge on any atom is 0.252 e. The first-order valence-corrected chi connectivity index (χ1v) is 25.6. The van der Waals surface area contributed by atoms with E-state index in [2.05, 4.69) is 228 Å². The number of fused-ring (bicyclic) bond motifs is 6. The molecule has 0 fully saturated rings. The Hall–Kier alpha value is -5.80. The Bertz CT molecular complexity index is 3350. The van der Waals surface area contributed by atoms with Gasteiger partial charge in [0.25, 0.3) is 6.71 Å². The summed E-state index contributed by atoms with van der Waals surface area (Å²) in [6, 6.07) is 50.0. The van der Waals surface area contributed by atoms with Crippen LogP contribution in [0.25, 0.3) is 11.1 Å². The van der Waals surface area contributed by atoms with E-state index in [1.807, 2.05) is 12.1 Å². The zero-order valence-electron chi connectivity index (χ0n) is 46.8. The van der Waals surface area contributed by atoms with Gasteiger partial charge in [-0.2, -0.15) is 0 Å². The lowest BCUT2D eigenvalue weighted by atomic mass is 9.33. The third-order valence-electron chi connectivity index (χ3n) is 17.4. The van der Waals surface area contributed by atoms with E-state index in [-0.39, 0.29) is 39.2 Å². The maximum atomic E-state index is 9.30. The van der Waals surface area contributed by atoms with Gasteiger partial charge in [0.05, 0.1) is 5.69 Å². The van der Waals surface area contributed by atoms with E-state index in [9.17, 15) is 4.11 Å². The van der Waals surface area contributed by atoms with Gasteiger partial charge in [0.15, 0.2) is 0 Å². The van der Waals surface area contributed by atoms with Crippen LogP contribution in [0.1, 0.15) is 163 Å². The van der Waals surface area contributed by atoms with Crippen LogP contribution in [0.15, 0.2) is 133 Å². The van der Waals surface area contributed by atoms with Crippen LogP contribution in [0.5, 0.6) is 0 Å². The molecule has 350 valence electrons. The van der Waals surface area contributed by atoms with Crippen LogP contribution < -0.4 is 26.2 Å². The fraction of sp³-hybridized carbons (Fsp3) is 0.364. The van der Waals surface area contributed by atoms with Crippen molar-refractivity contribution in [2.24, 2.45) is 0 Å². The number of anilines is 6. The summed E-state index contributed by atoms with van der Waals surface area (Å²) in [4.78, 5) is 4.96. The van der Waals surface area contributed by atoms with Gasteiger partial charge in [-0.05, 0) is 175 Å². The molecule has 0 spiro atoms. The molecule has 4 aliphatic rings. The van der Waals surface area contributed by atoms with E-state index in [1.165, 1.54) is 55.4 Å². The summed E-state index contributed by atoms with van der Waals surface area (Å²) in [5, 5.41) is 0. The number of hydrogen-bond donors (Lipinski definition) is 0. The van der Waals surface area contributed by atoms with Gasteiger partial charge in [-0.25, -0.2) is 0 Å². The summed E-state index contributed by atoms with van der Waals surface area (Å²) in [6.07, 6.45) is 3.24. The molecule has 0 atom stereocenters. The number of benzene rings is 7. The zero-order chi connectivity index (χ0) is 51.5. The molecule has 69 heavy (non-hydrogen) atoms. The molecule has 0 bridgehead atoms. The zero-order valence-corrected chi connectivity index (χ0v) is 43.8. The molecular formula is C66H73BN2. The third kappa shape index (κ3) is 7.02. The molecular weight excluding hydrogens is 832 g/mol. The minimum Gasteiger partial charge on any atom is -0.311 e. The molecule has 11 rings (SSSR count). The molecule has 3 heteroatoms. The summed E-state index contributed by atoms with van der Waals surface area (Å²) in [5.41, 5.74) is 22.4. The summed E-state index contributed by atoms with van der Waals surface area (Å²) in [6.45, 7) is 30.5. The van der Waals surface area contributed by atoms with E-state index >= 15 is 0 Å². The Morgan fingerprint density at radius 1 is 0.478 bits per heavy atom. The van der Waals surface area contributed by atoms with Crippen LogP contribution in [-0.4, -0.2) is 6.71 Å². The van der Waals surface area contributed by atoms with Crippen molar-refractivity contribution >= 4 is 57.2 Å². The first-order valence-electron chi connectivity index (χ1n) is 27.1. The summed E-state index contributed by atoms with van der Waals surface area (Å²) < 4.78 is 27.9. The standard InChI is InChI=1S/C66H73BN2/c1-41-32-58-60-59(33-41)69(55-38-51-48(34-42(55)2)64(10,11)40-65(51,12)13)56-36-46(66(14,15)44-24-20-17-21-25-44)26-28-52(56)67(60)53-37-49-50(63(8,9)31-30-62(49,6)7)39-57(53)68(58)54-29-27-45(61(3,4)5)35-47(54)43-22-18-16-19-23-43/h16-29,32-39H,30-31,40H2,1-15H3/i1D3. The van der Waals surface area contributed by atoms with Crippen molar-refractivity contribution in [1.29, 1.82) is 0 Å². The van der Waals surface area contributed by atoms with Crippen molar-refractivity contribution in [2.75, 3.05) is 9.80 Å². The van der Waals surface area contributed by atoms with Gasteiger partial charge in [0.2, 0.25) is 0 Å². The highest BCUT2D eigenvalue weighted by Crippen LogP contribution is 2.55. The Balaban J connectivity index is 1.31. The van der Waals surface area contributed by atoms with Gasteiger partial charge in [-0.15, -0.1) is 0 Å². The highest BCUT2D eigenvalue weighted by molar-refractivity contribution is 7.00. The second-order valence-electron chi connectivity index (χ2n) is 25.5. The molecule has 0 saturated heterocycles. The Labute approximate surface area is 419 Å². The normalized spacial score (nSPS) is 18.8. The molecule has 7 aromatic rings. The van der Waals surface area contributed by atoms with Gasteiger partial charge in [0.1, 0.15) is 0 Å². The van der Waals surface area contributed by atoms with E-state index in [1.54, 1.807) is 0 Å². The Morgan fingerprint density at radius 2 is 1.01 bits per heavy atom. The predicted molar refractivity (Wildman–Crippen MR) is 299 cm³/mol. The molecule has 0 saturated carbocycles. The highest BCUT2D eigenvalue weighted by atomic mass is 15.2. The SMILES string of the molecule is [2H]C([2H])([2H])c1cc2c3c(c1)N(c1ccc(C(C)(C)C)cc1-c1ccccc1)c1cc4c(cc1B3c1ccc(C(C)(C)c3ccccc3)cc1N2c1cc2c(cc1C)C(C)(C)CC2(C)C)C(C)(C)CCC4(C)C. The van der Waals surface area contributed by atoms with Crippen molar-refractivity contribution in [1.82, 2.24) is 0 Å². The second kappa shape index (κ2) is 15.1. The third-order valence-corrected chi connectivity index (χ3v) is 17.4. The summed E-state index contributed by atoms with van der Waals surface area (Å²) in [7, 11) is 0. The molecule has 7 aromatic carbocycles. The molecule has 0 unspecified atom stereocenters. The maximum absolute atomic E-state index is 9.30. The van der Waals surface area contributed by atoms with Crippen LogP contribution >= 0.6 is 0 Å². The minimum absolute atomic E-state index is 0.0188. The Kier molecular flexibility index (Phi) is 9.22. The molecule has 2 aliphatic carbocycles. The first-order chi connectivity index (χ1) is 33.6. The van der Waals surface area contributed by atoms with E-state index in [0.717, 1.165) is 70.0 Å². The number of rotatable bonds is 5. The van der Waals surface area contributed by atoms with Crippen LogP contribution in [0.3, 0.4) is 0 Å².